The number of ether oxygens (including phenoxy) is 1. The molecule has 1 rings (SSSR count). The zero-order chi connectivity index (χ0) is 13.9. The molecule has 0 fully saturated rings. The van der Waals surface area contributed by atoms with Crippen molar-refractivity contribution < 1.29 is 14.6 Å². The minimum absolute atomic E-state index is 0.409. The Morgan fingerprint density at radius 2 is 1.72 bits per heavy atom. The molecule has 1 N–H and O–H groups in total. The first-order chi connectivity index (χ1) is 8.30. The van der Waals surface area contributed by atoms with E-state index in [1.54, 1.807) is 13.8 Å². The summed E-state index contributed by atoms with van der Waals surface area (Å²) in [4.78, 5) is 11.5. The summed E-state index contributed by atoms with van der Waals surface area (Å²) in [6.07, 6.45) is 0. The second-order valence-corrected chi connectivity index (χ2v) is 5.17. The molecular weight excluding hydrogens is 228 g/mol. The van der Waals surface area contributed by atoms with E-state index < -0.39 is 17.5 Å². The molecule has 0 aliphatic heterocycles. The lowest BCUT2D eigenvalue weighted by atomic mass is 9.83. The van der Waals surface area contributed by atoms with Crippen LogP contribution < -0.4 is 0 Å². The van der Waals surface area contributed by atoms with Crippen molar-refractivity contribution in [2.45, 2.75) is 39.2 Å². The monoisotopic (exact) mass is 250 g/mol. The van der Waals surface area contributed by atoms with Gasteiger partial charge in [-0.25, -0.2) is 0 Å². The minimum atomic E-state index is -1.22. The molecule has 0 radical (unpaired) electrons. The fourth-order valence-corrected chi connectivity index (χ4v) is 1.86. The summed E-state index contributed by atoms with van der Waals surface area (Å²) in [5.41, 5.74) is 0.716. The van der Waals surface area contributed by atoms with E-state index in [0.717, 1.165) is 5.56 Å². The van der Waals surface area contributed by atoms with Crippen LogP contribution in [0.2, 0.25) is 0 Å². The van der Waals surface area contributed by atoms with Crippen molar-refractivity contribution in [3.8, 4) is 0 Å². The van der Waals surface area contributed by atoms with Gasteiger partial charge >= 0.3 is 5.97 Å². The van der Waals surface area contributed by atoms with Crippen LogP contribution in [0.4, 0.5) is 0 Å². The zero-order valence-corrected chi connectivity index (χ0v) is 11.7. The molecule has 0 saturated carbocycles. The maximum Gasteiger partial charge on any atom is 0.311 e. The van der Waals surface area contributed by atoms with Crippen LogP contribution in [0.5, 0.6) is 0 Å². The fourth-order valence-electron chi connectivity index (χ4n) is 1.86. The van der Waals surface area contributed by atoms with Crippen LogP contribution >= 0.6 is 0 Å². The summed E-state index contributed by atoms with van der Waals surface area (Å²) in [5, 5.41) is 10.5. The zero-order valence-electron chi connectivity index (χ0n) is 11.7. The molecular formula is C15H22O3. The van der Waals surface area contributed by atoms with Crippen molar-refractivity contribution in [2.24, 2.45) is 5.92 Å². The minimum Gasteiger partial charge on any atom is -0.469 e. The van der Waals surface area contributed by atoms with Crippen LogP contribution in [0.3, 0.4) is 0 Å². The number of carbonyl (C=O) groups is 1. The highest BCUT2D eigenvalue weighted by Crippen LogP contribution is 2.30. The Balaban J connectivity index is 3.01. The molecule has 1 aromatic rings. The molecule has 3 nitrogen and oxygen atoms in total. The highest BCUT2D eigenvalue weighted by Gasteiger charge is 2.36. The van der Waals surface area contributed by atoms with E-state index in [2.05, 4.69) is 18.6 Å². The standard InChI is InChI=1S/C15H22O3/c1-10(2)12-6-8-13(9-7-12)15(4,17)11(3)14(16)18-5/h6-11,17H,1-5H3. The molecule has 18 heavy (non-hydrogen) atoms. The second-order valence-electron chi connectivity index (χ2n) is 5.17. The number of hydrogen-bond donors (Lipinski definition) is 1. The molecule has 3 heteroatoms. The predicted molar refractivity (Wildman–Crippen MR) is 71.3 cm³/mol. The smallest absolute Gasteiger partial charge is 0.311 e. The SMILES string of the molecule is COC(=O)C(C)C(C)(O)c1ccc(C(C)C)cc1. The number of aliphatic hydroxyl groups is 1. The number of methoxy groups -OCH3 is 1. The van der Waals surface area contributed by atoms with Crippen LogP contribution in [-0.2, 0) is 15.1 Å². The first-order valence-electron chi connectivity index (χ1n) is 6.21. The Morgan fingerprint density at radius 1 is 1.22 bits per heavy atom. The second kappa shape index (κ2) is 5.53. The third-order valence-electron chi connectivity index (χ3n) is 3.56. The summed E-state index contributed by atoms with van der Waals surface area (Å²) in [5.74, 6) is -0.567. The number of rotatable bonds is 4. The van der Waals surface area contributed by atoms with Crippen LogP contribution in [-0.4, -0.2) is 18.2 Å². The van der Waals surface area contributed by atoms with Gasteiger partial charge in [0.2, 0.25) is 0 Å². The van der Waals surface area contributed by atoms with Gasteiger partial charge in [0.15, 0.2) is 0 Å². The van der Waals surface area contributed by atoms with Crippen molar-refractivity contribution in [1.29, 1.82) is 0 Å². The van der Waals surface area contributed by atoms with E-state index in [4.69, 9.17) is 0 Å². The van der Waals surface area contributed by atoms with Gasteiger partial charge in [0.05, 0.1) is 18.6 Å². The lowest BCUT2D eigenvalue weighted by molar-refractivity contribution is -0.154. The molecule has 0 aromatic heterocycles. The summed E-state index contributed by atoms with van der Waals surface area (Å²) in [6, 6.07) is 7.71. The summed E-state index contributed by atoms with van der Waals surface area (Å²) in [7, 11) is 1.33. The molecule has 0 heterocycles. The average molecular weight is 250 g/mol. The molecule has 0 aliphatic rings. The number of carbonyl (C=O) groups excluding carboxylic acids is 1. The Kier molecular flexibility index (Phi) is 4.52. The van der Waals surface area contributed by atoms with Gasteiger partial charge in [-0.15, -0.1) is 0 Å². The van der Waals surface area contributed by atoms with Gasteiger partial charge in [-0.2, -0.15) is 0 Å². The molecule has 0 saturated heterocycles. The number of hydrogen-bond acceptors (Lipinski definition) is 3. The molecule has 2 unspecified atom stereocenters. The van der Waals surface area contributed by atoms with Gasteiger partial charge in [0.1, 0.15) is 0 Å². The van der Waals surface area contributed by atoms with Crippen molar-refractivity contribution in [1.82, 2.24) is 0 Å². The predicted octanol–water partition coefficient (Wildman–Crippen LogP) is 2.83. The first-order valence-corrected chi connectivity index (χ1v) is 6.21. The van der Waals surface area contributed by atoms with Crippen molar-refractivity contribution >= 4 is 5.97 Å². The third kappa shape index (κ3) is 2.91. The van der Waals surface area contributed by atoms with E-state index in [1.807, 2.05) is 24.3 Å². The fraction of sp³-hybridized carbons (Fsp3) is 0.533. The summed E-state index contributed by atoms with van der Waals surface area (Å²) >= 11 is 0. The van der Waals surface area contributed by atoms with Gasteiger partial charge in [0.25, 0.3) is 0 Å². The topological polar surface area (TPSA) is 46.5 Å². The lowest BCUT2D eigenvalue weighted by Crippen LogP contribution is -2.35. The van der Waals surface area contributed by atoms with Crippen LogP contribution in [0.1, 0.15) is 44.7 Å². The molecule has 1 aromatic carbocycles. The van der Waals surface area contributed by atoms with Crippen molar-refractivity contribution in [3.63, 3.8) is 0 Å². The normalized spacial score (nSPS) is 16.2. The van der Waals surface area contributed by atoms with E-state index >= 15 is 0 Å². The van der Waals surface area contributed by atoms with E-state index in [0.29, 0.717) is 5.92 Å². The largest absolute Gasteiger partial charge is 0.469 e. The quantitative estimate of drug-likeness (QED) is 0.836. The van der Waals surface area contributed by atoms with Gasteiger partial charge in [-0.1, -0.05) is 38.1 Å². The Morgan fingerprint density at radius 3 is 2.11 bits per heavy atom. The summed E-state index contributed by atoms with van der Waals surface area (Å²) in [6.45, 7) is 7.54. The highest BCUT2D eigenvalue weighted by molar-refractivity contribution is 5.73. The molecule has 0 aliphatic carbocycles. The van der Waals surface area contributed by atoms with Crippen LogP contribution in [0, 0.1) is 5.92 Å². The molecule has 0 amide bonds. The van der Waals surface area contributed by atoms with E-state index in [1.165, 1.54) is 12.7 Å². The molecule has 0 bridgehead atoms. The van der Waals surface area contributed by atoms with Gasteiger partial charge in [-0.3, -0.25) is 4.79 Å². The van der Waals surface area contributed by atoms with E-state index in [9.17, 15) is 9.90 Å². The highest BCUT2D eigenvalue weighted by atomic mass is 16.5. The van der Waals surface area contributed by atoms with E-state index in [-0.39, 0.29) is 0 Å². The lowest BCUT2D eigenvalue weighted by Gasteiger charge is -2.29. The third-order valence-corrected chi connectivity index (χ3v) is 3.56. The van der Waals surface area contributed by atoms with Gasteiger partial charge in [0, 0.05) is 0 Å². The van der Waals surface area contributed by atoms with Crippen molar-refractivity contribution in [3.05, 3.63) is 35.4 Å². The number of benzene rings is 1. The Labute approximate surface area is 109 Å². The Bertz CT molecular complexity index is 404. The maximum absolute atomic E-state index is 11.5. The van der Waals surface area contributed by atoms with Crippen LogP contribution in [0.25, 0.3) is 0 Å². The van der Waals surface area contributed by atoms with Crippen molar-refractivity contribution in [2.75, 3.05) is 7.11 Å². The van der Waals surface area contributed by atoms with Crippen LogP contribution in [0.15, 0.2) is 24.3 Å². The number of esters is 1. The average Bonchev–Trinajstić information content (AvgIpc) is 2.36. The van der Waals surface area contributed by atoms with Gasteiger partial charge in [-0.05, 0) is 30.9 Å². The maximum atomic E-state index is 11.5. The van der Waals surface area contributed by atoms with Gasteiger partial charge < -0.3 is 9.84 Å². The first kappa shape index (κ1) is 14.7. The summed E-state index contributed by atoms with van der Waals surface area (Å²) < 4.78 is 4.68. The Hall–Kier alpha value is -1.35. The molecule has 2 atom stereocenters. The molecule has 0 spiro atoms. The molecule has 100 valence electrons.